The third-order valence-corrected chi connectivity index (χ3v) is 2.33. The molecule has 14 heavy (non-hydrogen) atoms. The Kier molecular flexibility index (Phi) is 3.28. The molecule has 2 heteroatoms. The van der Waals surface area contributed by atoms with Crippen LogP contribution in [0.5, 0.6) is 0 Å². The maximum absolute atomic E-state index is 11.5. The predicted molar refractivity (Wildman–Crippen MR) is 58.3 cm³/mol. The van der Waals surface area contributed by atoms with Gasteiger partial charge in [-0.1, -0.05) is 32.0 Å². The Labute approximate surface area is 85.5 Å². The van der Waals surface area contributed by atoms with Crippen molar-refractivity contribution in [2.75, 3.05) is 7.05 Å². The molecule has 0 unspecified atom stereocenters. The molecule has 1 aromatic rings. The lowest BCUT2D eigenvalue weighted by molar-refractivity contribution is 0.0816. The molecule has 76 valence electrons. The van der Waals surface area contributed by atoms with Gasteiger partial charge in [0.2, 0.25) is 0 Å². The highest BCUT2D eigenvalue weighted by molar-refractivity contribution is 5.99. The van der Waals surface area contributed by atoms with E-state index >= 15 is 0 Å². The van der Waals surface area contributed by atoms with Crippen LogP contribution < -0.4 is 0 Å². The SMILES string of the molecule is CC.Cc1cccc2c1C(=O)N(C)C2. The minimum atomic E-state index is 0.156. The van der Waals surface area contributed by atoms with Gasteiger partial charge >= 0.3 is 0 Å². The maximum atomic E-state index is 11.5. The molecule has 0 spiro atoms. The first-order valence-corrected chi connectivity index (χ1v) is 5.04. The molecule has 0 atom stereocenters. The van der Waals surface area contributed by atoms with Gasteiger partial charge in [-0.3, -0.25) is 4.79 Å². The minimum Gasteiger partial charge on any atom is -0.337 e. The quantitative estimate of drug-likeness (QED) is 0.617. The van der Waals surface area contributed by atoms with Gasteiger partial charge < -0.3 is 4.90 Å². The normalized spacial score (nSPS) is 13.4. The smallest absolute Gasteiger partial charge is 0.254 e. The van der Waals surface area contributed by atoms with E-state index in [1.807, 2.05) is 46.0 Å². The van der Waals surface area contributed by atoms with Gasteiger partial charge in [-0.05, 0) is 18.1 Å². The molecule has 0 radical (unpaired) electrons. The highest BCUT2D eigenvalue weighted by atomic mass is 16.2. The average molecular weight is 191 g/mol. The Morgan fingerprint density at radius 2 is 1.93 bits per heavy atom. The van der Waals surface area contributed by atoms with Crippen molar-refractivity contribution in [2.45, 2.75) is 27.3 Å². The van der Waals surface area contributed by atoms with Crippen LogP contribution in [0.25, 0.3) is 0 Å². The van der Waals surface area contributed by atoms with Crippen molar-refractivity contribution in [2.24, 2.45) is 0 Å². The summed E-state index contributed by atoms with van der Waals surface area (Å²) in [7, 11) is 1.84. The number of aryl methyl sites for hydroxylation is 1. The monoisotopic (exact) mass is 191 g/mol. The Morgan fingerprint density at radius 3 is 2.50 bits per heavy atom. The minimum absolute atomic E-state index is 0.156. The van der Waals surface area contributed by atoms with E-state index in [9.17, 15) is 4.79 Å². The van der Waals surface area contributed by atoms with Gasteiger partial charge in [-0.25, -0.2) is 0 Å². The lowest BCUT2D eigenvalue weighted by Gasteiger charge is -2.05. The van der Waals surface area contributed by atoms with Crippen LogP contribution in [0.1, 0.15) is 35.3 Å². The fourth-order valence-corrected chi connectivity index (χ4v) is 1.68. The van der Waals surface area contributed by atoms with E-state index in [-0.39, 0.29) is 5.91 Å². The molecule has 0 aliphatic carbocycles. The summed E-state index contributed by atoms with van der Waals surface area (Å²) < 4.78 is 0. The van der Waals surface area contributed by atoms with Crippen molar-refractivity contribution in [3.63, 3.8) is 0 Å². The Bertz CT molecular complexity index is 344. The number of benzene rings is 1. The van der Waals surface area contributed by atoms with E-state index in [1.165, 1.54) is 0 Å². The molecule has 2 nitrogen and oxygen atoms in total. The molecule has 1 aliphatic heterocycles. The lowest BCUT2D eigenvalue weighted by atomic mass is 10.0. The topological polar surface area (TPSA) is 20.3 Å². The zero-order chi connectivity index (χ0) is 10.7. The first-order chi connectivity index (χ1) is 6.70. The van der Waals surface area contributed by atoms with Crippen LogP contribution in [0.2, 0.25) is 0 Å². The second-order valence-electron chi connectivity index (χ2n) is 3.27. The van der Waals surface area contributed by atoms with Crippen LogP contribution in [0, 0.1) is 6.92 Å². The number of rotatable bonds is 0. The van der Waals surface area contributed by atoms with E-state index in [1.54, 1.807) is 4.90 Å². The first-order valence-electron chi connectivity index (χ1n) is 5.04. The summed E-state index contributed by atoms with van der Waals surface area (Å²) in [5.41, 5.74) is 3.14. The Morgan fingerprint density at radius 1 is 1.29 bits per heavy atom. The average Bonchev–Trinajstić information content (AvgIpc) is 2.47. The van der Waals surface area contributed by atoms with Crippen LogP contribution in [0.15, 0.2) is 18.2 Å². The van der Waals surface area contributed by atoms with Gasteiger partial charge in [0.05, 0.1) is 0 Å². The van der Waals surface area contributed by atoms with E-state index in [2.05, 4.69) is 0 Å². The second kappa shape index (κ2) is 4.27. The van der Waals surface area contributed by atoms with E-state index in [4.69, 9.17) is 0 Å². The van der Waals surface area contributed by atoms with Crippen LogP contribution in [0.4, 0.5) is 0 Å². The standard InChI is InChI=1S/C10H11NO.C2H6/c1-7-4-3-5-8-6-11(2)10(12)9(7)8;1-2/h3-5H,6H2,1-2H3;1-2H3. The summed E-state index contributed by atoms with van der Waals surface area (Å²) in [6, 6.07) is 6.00. The Balaban J connectivity index is 0.000000461. The molecule has 0 fully saturated rings. The highest BCUT2D eigenvalue weighted by Gasteiger charge is 2.25. The van der Waals surface area contributed by atoms with Crippen molar-refractivity contribution in [1.29, 1.82) is 0 Å². The lowest BCUT2D eigenvalue weighted by Crippen LogP contribution is -2.17. The van der Waals surface area contributed by atoms with Crippen LogP contribution in [-0.4, -0.2) is 17.9 Å². The molecular formula is C12H17NO. The summed E-state index contributed by atoms with van der Waals surface area (Å²) in [4.78, 5) is 13.3. The fourth-order valence-electron chi connectivity index (χ4n) is 1.68. The summed E-state index contributed by atoms with van der Waals surface area (Å²) in [5, 5.41) is 0. The number of hydrogen-bond donors (Lipinski definition) is 0. The molecule has 1 aliphatic rings. The number of hydrogen-bond acceptors (Lipinski definition) is 1. The fraction of sp³-hybridized carbons (Fsp3) is 0.417. The molecule has 2 rings (SSSR count). The zero-order valence-electron chi connectivity index (χ0n) is 9.29. The van der Waals surface area contributed by atoms with Gasteiger partial charge in [0.1, 0.15) is 0 Å². The van der Waals surface area contributed by atoms with Gasteiger partial charge in [-0.2, -0.15) is 0 Å². The number of nitrogens with zero attached hydrogens (tertiary/aromatic N) is 1. The molecule has 0 saturated carbocycles. The predicted octanol–water partition coefficient (Wildman–Crippen LogP) is 2.61. The van der Waals surface area contributed by atoms with Crippen molar-refractivity contribution in [3.8, 4) is 0 Å². The van der Waals surface area contributed by atoms with Gasteiger partial charge in [0.25, 0.3) is 5.91 Å². The van der Waals surface area contributed by atoms with Crippen molar-refractivity contribution in [1.82, 2.24) is 4.90 Å². The van der Waals surface area contributed by atoms with Crippen molar-refractivity contribution < 1.29 is 4.79 Å². The highest BCUT2D eigenvalue weighted by Crippen LogP contribution is 2.23. The van der Waals surface area contributed by atoms with Gasteiger partial charge in [-0.15, -0.1) is 0 Å². The largest absolute Gasteiger partial charge is 0.337 e. The maximum Gasteiger partial charge on any atom is 0.254 e. The summed E-state index contributed by atoms with van der Waals surface area (Å²) in [5.74, 6) is 0.156. The number of fused-ring (bicyclic) bond motifs is 1. The molecule has 0 N–H and O–H groups in total. The van der Waals surface area contributed by atoms with E-state index in [0.29, 0.717) is 0 Å². The third-order valence-electron chi connectivity index (χ3n) is 2.33. The first kappa shape index (κ1) is 10.8. The summed E-state index contributed by atoms with van der Waals surface area (Å²) in [6.45, 7) is 6.74. The van der Waals surface area contributed by atoms with Gasteiger partial charge in [0.15, 0.2) is 0 Å². The van der Waals surface area contributed by atoms with Crippen LogP contribution in [0.3, 0.4) is 0 Å². The van der Waals surface area contributed by atoms with E-state index < -0.39 is 0 Å². The van der Waals surface area contributed by atoms with Crippen LogP contribution in [-0.2, 0) is 6.54 Å². The van der Waals surface area contributed by atoms with Crippen molar-refractivity contribution in [3.05, 3.63) is 34.9 Å². The number of amides is 1. The van der Waals surface area contributed by atoms with Gasteiger partial charge in [0, 0.05) is 19.2 Å². The molecule has 0 aromatic heterocycles. The van der Waals surface area contributed by atoms with Crippen LogP contribution >= 0.6 is 0 Å². The molecule has 1 aromatic carbocycles. The molecule has 0 saturated heterocycles. The zero-order valence-corrected chi connectivity index (χ0v) is 9.29. The second-order valence-corrected chi connectivity index (χ2v) is 3.27. The van der Waals surface area contributed by atoms with E-state index in [0.717, 1.165) is 23.2 Å². The molecule has 1 amide bonds. The summed E-state index contributed by atoms with van der Waals surface area (Å²) in [6.07, 6.45) is 0. The Hall–Kier alpha value is -1.31. The summed E-state index contributed by atoms with van der Waals surface area (Å²) >= 11 is 0. The third kappa shape index (κ3) is 1.65. The number of carbonyl (C=O) groups is 1. The molecule has 1 heterocycles. The molecular weight excluding hydrogens is 174 g/mol. The number of carbonyl (C=O) groups excluding carboxylic acids is 1. The molecule has 0 bridgehead atoms. The van der Waals surface area contributed by atoms with Crippen molar-refractivity contribution >= 4 is 5.91 Å².